The van der Waals surface area contributed by atoms with Crippen LogP contribution in [0.5, 0.6) is 0 Å². The van der Waals surface area contributed by atoms with E-state index in [0.29, 0.717) is 32.0 Å². The minimum absolute atomic E-state index is 0.0252. The molecule has 17 heavy (non-hydrogen) atoms. The van der Waals surface area contributed by atoms with Gasteiger partial charge in [-0.15, -0.1) is 0 Å². The Balaban J connectivity index is 2.62. The van der Waals surface area contributed by atoms with Gasteiger partial charge in [-0.3, -0.25) is 0 Å². The van der Waals surface area contributed by atoms with Gasteiger partial charge in [0.2, 0.25) is 0 Å². The van der Waals surface area contributed by atoms with Crippen molar-refractivity contribution in [3.63, 3.8) is 0 Å². The van der Waals surface area contributed by atoms with E-state index in [4.69, 9.17) is 5.11 Å². The molecule has 1 atom stereocenters. The van der Waals surface area contributed by atoms with Crippen LogP contribution in [0.4, 0.5) is 0 Å². The summed E-state index contributed by atoms with van der Waals surface area (Å²) in [6.45, 7) is 3.78. The molecule has 0 aliphatic carbocycles. The van der Waals surface area contributed by atoms with Crippen LogP contribution < -0.4 is 0 Å². The third-order valence-corrected chi connectivity index (χ3v) is 5.36. The quantitative estimate of drug-likeness (QED) is 0.767. The summed E-state index contributed by atoms with van der Waals surface area (Å²) >= 11 is 0. The van der Waals surface area contributed by atoms with Crippen molar-refractivity contribution in [3.8, 4) is 0 Å². The molecule has 0 radical (unpaired) electrons. The molecule has 1 unspecified atom stereocenters. The van der Waals surface area contributed by atoms with Crippen LogP contribution in [-0.2, 0) is 10.2 Å². The van der Waals surface area contributed by atoms with Gasteiger partial charge in [0, 0.05) is 33.3 Å². The number of nitrogens with zero attached hydrogens (tertiary/aromatic N) is 2. The van der Waals surface area contributed by atoms with E-state index in [1.165, 1.54) is 4.31 Å². The van der Waals surface area contributed by atoms with Gasteiger partial charge in [0.25, 0.3) is 10.2 Å². The summed E-state index contributed by atoms with van der Waals surface area (Å²) in [4.78, 5) is 0. The molecule has 0 saturated carbocycles. The standard InChI is InChI=1S/C11H24N2O3S/c1-3-11-6-4-8-13(10-11)17(15,16)12(2)7-5-9-14/h11,14H,3-10H2,1-2H3. The zero-order valence-corrected chi connectivity index (χ0v) is 11.6. The minimum atomic E-state index is -3.32. The Morgan fingerprint density at radius 2 is 2.18 bits per heavy atom. The molecule has 0 aromatic carbocycles. The van der Waals surface area contributed by atoms with Gasteiger partial charge >= 0.3 is 0 Å². The van der Waals surface area contributed by atoms with E-state index in [-0.39, 0.29) is 6.61 Å². The number of aliphatic hydroxyl groups excluding tert-OH is 1. The van der Waals surface area contributed by atoms with Crippen molar-refractivity contribution in [1.82, 2.24) is 8.61 Å². The van der Waals surface area contributed by atoms with E-state index in [9.17, 15) is 8.42 Å². The van der Waals surface area contributed by atoms with E-state index in [0.717, 1.165) is 19.3 Å². The largest absolute Gasteiger partial charge is 0.396 e. The van der Waals surface area contributed by atoms with Crippen molar-refractivity contribution in [2.75, 3.05) is 33.3 Å². The summed E-state index contributed by atoms with van der Waals surface area (Å²) in [5.41, 5.74) is 0. The zero-order chi connectivity index (χ0) is 12.9. The second-order valence-electron chi connectivity index (χ2n) is 4.68. The molecule has 1 aliphatic rings. The van der Waals surface area contributed by atoms with Crippen molar-refractivity contribution < 1.29 is 13.5 Å². The minimum Gasteiger partial charge on any atom is -0.396 e. The van der Waals surface area contributed by atoms with Crippen LogP contribution in [0.15, 0.2) is 0 Å². The van der Waals surface area contributed by atoms with Crippen LogP contribution in [0.2, 0.25) is 0 Å². The second-order valence-corrected chi connectivity index (χ2v) is 6.72. The molecule has 1 aliphatic heterocycles. The predicted molar refractivity (Wildman–Crippen MR) is 67.8 cm³/mol. The Kier molecular flexibility index (Phi) is 5.85. The first kappa shape index (κ1) is 14.9. The van der Waals surface area contributed by atoms with Crippen molar-refractivity contribution in [2.45, 2.75) is 32.6 Å². The highest BCUT2D eigenvalue weighted by Crippen LogP contribution is 2.22. The maximum absolute atomic E-state index is 12.2. The molecule has 1 rings (SSSR count). The number of hydrogen-bond acceptors (Lipinski definition) is 3. The van der Waals surface area contributed by atoms with E-state index in [1.54, 1.807) is 11.4 Å². The van der Waals surface area contributed by atoms with Gasteiger partial charge in [0.05, 0.1) is 0 Å². The monoisotopic (exact) mass is 264 g/mol. The third-order valence-electron chi connectivity index (χ3n) is 3.41. The van der Waals surface area contributed by atoms with Gasteiger partial charge in [-0.25, -0.2) is 0 Å². The second kappa shape index (κ2) is 6.68. The molecule has 1 fully saturated rings. The lowest BCUT2D eigenvalue weighted by Gasteiger charge is -2.34. The zero-order valence-electron chi connectivity index (χ0n) is 10.8. The summed E-state index contributed by atoms with van der Waals surface area (Å²) in [5, 5.41) is 8.74. The maximum Gasteiger partial charge on any atom is 0.281 e. The summed E-state index contributed by atoms with van der Waals surface area (Å²) in [5.74, 6) is 0.491. The van der Waals surface area contributed by atoms with Gasteiger partial charge < -0.3 is 5.11 Å². The average molecular weight is 264 g/mol. The fraction of sp³-hybridized carbons (Fsp3) is 1.00. The number of aliphatic hydroxyl groups is 1. The predicted octanol–water partition coefficient (Wildman–Crippen LogP) is 0.667. The van der Waals surface area contributed by atoms with E-state index in [2.05, 4.69) is 6.92 Å². The molecule has 1 N–H and O–H groups in total. The van der Waals surface area contributed by atoms with Crippen LogP contribution >= 0.6 is 0 Å². The van der Waals surface area contributed by atoms with Gasteiger partial charge in [-0.1, -0.05) is 13.3 Å². The first-order valence-electron chi connectivity index (χ1n) is 6.34. The Hall–Kier alpha value is -0.170. The smallest absolute Gasteiger partial charge is 0.281 e. The molecule has 0 amide bonds. The van der Waals surface area contributed by atoms with Crippen LogP contribution in [0.1, 0.15) is 32.6 Å². The summed E-state index contributed by atoms with van der Waals surface area (Å²) < 4.78 is 27.4. The highest BCUT2D eigenvalue weighted by molar-refractivity contribution is 7.86. The first-order chi connectivity index (χ1) is 8.02. The van der Waals surface area contributed by atoms with Crippen molar-refractivity contribution >= 4 is 10.2 Å². The van der Waals surface area contributed by atoms with E-state index in [1.807, 2.05) is 0 Å². The number of hydrogen-bond donors (Lipinski definition) is 1. The first-order valence-corrected chi connectivity index (χ1v) is 7.74. The molecular formula is C11H24N2O3S. The van der Waals surface area contributed by atoms with Crippen LogP contribution in [0, 0.1) is 5.92 Å². The lowest BCUT2D eigenvalue weighted by atomic mass is 9.97. The SMILES string of the molecule is CCC1CCCN(S(=O)(=O)N(C)CCCO)C1. The molecule has 6 heteroatoms. The molecule has 0 aromatic heterocycles. The Bertz CT molecular complexity index is 319. The normalized spacial score (nSPS) is 23.2. The van der Waals surface area contributed by atoms with Crippen molar-refractivity contribution in [2.24, 2.45) is 5.92 Å². The van der Waals surface area contributed by atoms with Crippen LogP contribution in [-0.4, -0.2) is 55.4 Å². The Morgan fingerprint density at radius 3 is 2.76 bits per heavy atom. The summed E-state index contributed by atoms with van der Waals surface area (Å²) in [6, 6.07) is 0. The van der Waals surface area contributed by atoms with Gasteiger partial charge in [-0.05, 0) is 25.2 Å². The molecule has 1 saturated heterocycles. The molecule has 102 valence electrons. The Labute approximate surface area is 105 Å². The van der Waals surface area contributed by atoms with Crippen molar-refractivity contribution in [3.05, 3.63) is 0 Å². The van der Waals surface area contributed by atoms with Crippen LogP contribution in [0.3, 0.4) is 0 Å². The highest BCUT2D eigenvalue weighted by atomic mass is 32.2. The molecular weight excluding hydrogens is 240 g/mol. The number of rotatable bonds is 6. The third kappa shape index (κ3) is 3.91. The molecule has 5 nitrogen and oxygen atoms in total. The lowest BCUT2D eigenvalue weighted by Crippen LogP contribution is -2.46. The highest BCUT2D eigenvalue weighted by Gasteiger charge is 2.30. The molecule has 0 spiro atoms. The molecule has 0 bridgehead atoms. The summed E-state index contributed by atoms with van der Waals surface area (Å²) in [6.07, 6.45) is 3.60. The fourth-order valence-corrected chi connectivity index (χ4v) is 3.69. The molecule has 1 heterocycles. The fourth-order valence-electron chi connectivity index (χ4n) is 2.18. The van der Waals surface area contributed by atoms with Gasteiger partial charge in [0.1, 0.15) is 0 Å². The Morgan fingerprint density at radius 1 is 1.47 bits per heavy atom. The topological polar surface area (TPSA) is 60.9 Å². The average Bonchev–Trinajstić information content (AvgIpc) is 2.35. The lowest BCUT2D eigenvalue weighted by molar-refractivity contribution is 0.240. The van der Waals surface area contributed by atoms with E-state index < -0.39 is 10.2 Å². The maximum atomic E-state index is 12.2. The molecule has 0 aromatic rings. The van der Waals surface area contributed by atoms with E-state index >= 15 is 0 Å². The van der Waals surface area contributed by atoms with Crippen LogP contribution in [0.25, 0.3) is 0 Å². The summed E-state index contributed by atoms with van der Waals surface area (Å²) in [7, 11) is -1.74. The van der Waals surface area contributed by atoms with Crippen molar-refractivity contribution in [1.29, 1.82) is 0 Å². The van der Waals surface area contributed by atoms with Gasteiger partial charge in [0.15, 0.2) is 0 Å². The van der Waals surface area contributed by atoms with Gasteiger partial charge in [-0.2, -0.15) is 17.0 Å². The number of piperidine rings is 1.